The van der Waals surface area contributed by atoms with Crippen molar-refractivity contribution in [3.05, 3.63) is 59.7 Å². The van der Waals surface area contributed by atoms with Crippen molar-refractivity contribution in [3.63, 3.8) is 0 Å². The van der Waals surface area contributed by atoms with Crippen LogP contribution in [0.5, 0.6) is 0 Å². The molecule has 2 heterocycles. The Bertz CT molecular complexity index is 915. The maximum absolute atomic E-state index is 12.7. The highest BCUT2D eigenvalue weighted by Gasteiger charge is 2.35. The van der Waals surface area contributed by atoms with E-state index in [-0.39, 0.29) is 18.1 Å². The van der Waals surface area contributed by atoms with Crippen LogP contribution in [0.1, 0.15) is 17.1 Å². The lowest BCUT2D eigenvalue weighted by Gasteiger charge is -2.01. The number of oxime groups is 1. The molecule has 136 valence electrons. The first-order chi connectivity index (χ1) is 12.3. The van der Waals surface area contributed by atoms with Gasteiger partial charge in [-0.2, -0.15) is 28.2 Å². The van der Waals surface area contributed by atoms with E-state index in [1.165, 1.54) is 18.0 Å². The number of benzene rings is 1. The summed E-state index contributed by atoms with van der Waals surface area (Å²) in [7, 11) is 1.33. The number of aryl methyl sites for hydroxylation is 1. The van der Waals surface area contributed by atoms with Crippen LogP contribution in [0.3, 0.4) is 0 Å². The molecule has 0 saturated carbocycles. The second-order valence-corrected chi connectivity index (χ2v) is 5.25. The fourth-order valence-electron chi connectivity index (χ4n) is 2.11. The van der Waals surface area contributed by atoms with Crippen molar-refractivity contribution >= 4 is 5.84 Å². The standard InChI is InChI=1S/C15H14F3N7O/c1-24-12(7-13(22-24)15(16,17)18)14(19)23-26-9-10-8-20-25(21-10)11-5-3-2-4-6-11/h2-8H,9H2,1H3,(H2,19,23). The van der Waals surface area contributed by atoms with Crippen LogP contribution in [0.15, 0.2) is 47.8 Å². The first-order valence-electron chi connectivity index (χ1n) is 7.38. The van der Waals surface area contributed by atoms with Crippen molar-refractivity contribution in [3.8, 4) is 5.69 Å². The summed E-state index contributed by atoms with van der Waals surface area (Å²) in [5.74, 6) is -0.231. The number of nitrogens with two attached hydrogens (primary N) is 1. The summed E-state index contributed by atoms with van der Waals surface area (Å²) in [5, 5.41) is 15.3. The topological polar surface area (TPSA) is 96.1 Å². The van der Waals surface area contributed by atoms with Crippen LogP contribution >= 0.6 is 0 Å². The largest absolute Gasteiger partial charge is 0.435 e. The minimum atomic E-state index is -4.56. The molecule has 0 aliphatic rings. The third kappa shape index (κ3) is 3.82. The van der Waals surface area contributed by atoms with Gasteiger partial charge in [-0.15, -0.1) is 5.10 Å². The number of alkyl halides is 3. The maximum Gasteiger partial charge on any atom is 0.435 e. The highest BCUT2D eigenvalue weighted by atomic mass is 19.4. The van der Waals surface area contributed by atoms with Gasteiger partial charge in [-0.25, -0.2) is 0 Å². The summed E-state index contributed by atoms with van der Waals surface area (Å²) in [6.07, 6.45) is -3.07. The second-order valence-electron chi connectivity index (χ2n) is 5.25. The number of nitrogens with zero attached hydrogens (tertiary/aromatic N) is 6. The Labute approximate surface area is 145 Å². The van der Waals surface area contributed by atoms with Crippen molar-refractivity contribution in [1.29, 1.82) is 0 Å². The zero-order chi connectivity index (χ0) is 18.7. The van der Waals surface area contributed by atoms with Crippen LogP contribution in [0.4, 0.5) is 13.2 Å². The molecule has 3 aromatic rings. The molecule has 8 nitrogen and oxygen atoms in total. The molecule has 0 fully saturated rings. The van der Waals surface area contributed by atoms with E-state index in [1.807, 2.05) is 30.3 Å². The predicted molar refractivity (Wildman–Crippen MR) is 85.1 cm³/mol. The van der Waals surface area contributed by atoms with E-state index in [2.05, 4.69) is 20.5 Å². The Morgan fingerprint density at radius 2 is 1.96 bits per heavy atom. The van der Waals surface area contributed by atoms with E-state index >= 15 is 0 Å². The van der Waals surface area contributed by atoms with E-state index < -0.39 is 11.9 Å². The number of halogens is 3. The average Bonchev–Trinajstić information content (AvgIpc) is 3.22. The molecule has 26 heavy (non-hydrogen) atoms. The Hall–Kier alpha value is -3.37. The van der Waals surface area contributed by atoms with E-state index in [0.29, 0.717) is 5.69 Å². The van der Waals surface area contributed by atoms with Gasteiger partial charge in [-0.3, -0.25) is 4.68 Å². The molecule has 2 aromatic heterocycles. The monoisotopic (exact) mass is 365 g/mol. The van der Waals surface area contributed by atoms with Gasteiger partial charge in [0, 0.05) is 7.05 Å². The summed E-state index contributed by atoms with van der Waals surface area (Å²) >= 11 is 0. The molecule has 0 radical (unpaired) electrons. The van der Waals surface area contributed by atoms with Gasteiger partial charge in [-0.05, 0) is 18.2 Å². The van der Waals surface area contributed by atoms with Gasteiger partial charge < -0.3 is 10.6 Å². The van der Waals surface area contributed by atoms with Crippen LogP contribution < -0.4 is 5.73 Å². The minimum Gasteiger partial charge on any atom is -0.387 e. The molecular formula is C15H14F3N7O. The second kappa shape index (κ2) is 6.86. The van der Waals surface area contributed by atoms with Gasteiger partial charge in [0.1, 0.15) is 11.4 Å². The molecule has 0 saturated heterocycles. The zero-order valence-corrected chi connectivity index (χ0v) is 13.6. The molecule has 0 unspecified atom stereocenters. The Kier molecular flexibility index (Phi) is 4.61. The number of hydrogen-bond acceptors (Lipinski definition) is 5. The van der Waals surface area contributed by atoms with Crippen molar-refractivity contribution in [1.82, 2.24) is 24.8 Å². The Morgan fingerprint density at radius 1 is 1.23 bits per heavy atom. The fourth-order valence-corrected chi connectivity index (χ4v) is 2.11. The normalized spacial score (nSPS) is 12.4. The summed E-state index contributed by atoms with van der Waals surface area (Å²) in [6.45, 7) is -0.0441. The van der Waals surface area contributed by atoms with Gasteiger partial charge in [0.25, 0.3) is 0 Å². The average molecular weight is 365 g/mol. The van der Waals surface area contributed by atoms with E-state index in [0.717, 1.165) is 16.4 Å². The predicted octanol–water partition coefficient (Wildman–Crippen LogP) is 1.86. The first-order valence-corrected chi connectivity index (χ1v) is 7.38. The van der Waals surface area contributed by atoms with E-state index in [9.17, 15) is 13.2 Å². The molecule has 2 N–H and O–H groups in total. The van der Waals surface area contributed by atoms with Crippen molar-refractivity contribution in [2.45, 2.75) is 12.8 Å². The number of hydrogen-bond donors (Lipinski definition) is 1. The molecule has 0 bridgehead atoms. The summed E-state index contributed by atoms with van der Waals surface area (Å²) in [4.78, 5) is 6.48. The lowest BCUT2D eigenvalue weighted by molar-refractivity contribution is -0.141. The number of amidine groups is 1. The Morgan fingerprint density at radius 3 is 2.62 bits per heavy atom. The molecule has 0 spiro atoms. The molecule has 0 atom stereocenters. The quantitative estimate of drug-likeness (QED) is 0.423. The fraction of sp³-hybridized carbons (Fsp3) is 0.200. The zero-order valence-electron chi connectivity index (χ0n) is 13.6. The molecule has 0 aliphatic carbocycles. The highest BCUT2D eigenvalue weighted by Crippen LogP contribution is 2.28. The minimum absolute atomic E-state index is 0.00901. The third-order valence-corrected chi connectivity index (χ3v) is 3.33. The maximum atomic E-state index is 12.7. The van der Waals surface area contributed by atoms with Crippen molar-refractivity contribution < 1.29 is 18.0 Å². The number of rotatable bonds is 5. The van der Waals surface area contributed by atoms with Gasteiger partial charge in [0.2, 0.25) is 0 Å². The van der Waals surface area contributed by atoms with Crippen molar-refractivity contribution in [2.24, 2.45) is 17.9 Å². The van der Waals surface area contributed by atoms with E-state index in [1.54, 1.807) is 0 Å². The van der Waals surface area contributed by atoms with Crippen molar-refractivity contribution in [2.75, 3.05) is 0 Å². The molecule has 3 rings (SSSR count). The Balaban J connectivity index is 1.66. The van der Waals surface area contributed by atoms with Gasteiger partial charge >= 0.3 is 6.18 Å². The molecular weight excluding hydrogens is 351 g/mol. The van der Waals surface area contributed by atoms with E-state index in [4.69, 9.17) is 10.6 Å². The lowest BCUT2D eigenvalue weighted by atomic mass is 10.3. The van der Waals surface area contributed by atoms with Crippen LogP contribution in [0.2, 0.25) is 0 Å². The van der Waals surface area contributed by atoms with Gasteiger partial charge in [-0.1, -0.05) is 23.4 Å². The summed E-state index contributed by atoms with van der Waals surface area (Å²) in [5.41, 5.74) is 5.86. The molecule has 0 aliphatic heterocycles. The first kappa shape index (κ1) is 17.5. The highest BCUT2D eigenvalue weighted by molar-refractivity contribution is 5.95. The van der Waals surface area contributed by atoms with Crippen LogP contribution in [0, 0.1) is 0 Å². The van der Waals surface area contributed by atoms with Crippen LogP contribution in [0.25, 0.3) is 5.69 Å². The smallest absolute Gasteiger partial charge is 0.387 e. The van der Waals surface area contributed by atoms with Gasteiger partial charge in [0.05, 0.1) is 11.9 Å². The molecule has 0 amide bonds. The lowest BCUT2D eigenvalue weighted by Crippen LogP contribution is -2.18. The number of aromatic nitrogens is 5. The summed E-state index contributed by atoms with van der Waals surface area (Å²) in [6, 6.07) is 10.0. The SMILES string of the molecule is Cn1nc(C(F)(F)F)cc1/C(N)=N/OCc1cnn(-c2ccccc2)n1. The molecule has 1 aromatic carbocycles. The van der Waals surface area contributed by atoms with Gasteiger partial charge in [0.15, 0.2) is 18.1 Å². The number of para-hydroxylation sites is 1. The van der Waals surface area contributed by atoms with Crippen LogP contribution in [-0.4, -0.2) is 30.6 Å². The third-order valence-electron chi connectivity index (χ3n) is 3.33. The molecule has 11 heteroatoms. The van der Waals surface area contributed by atoms with Crippen LogP contribution in [-0.2, 0) is 24.7 Å². The summed E-state index contributed by atoms with van der Waals surface area (Å²) < 4.78 is 38.9.